The normalized spacial score (nSPS) is 10.6. The monoisotopic (exact) mass is 310 g/mol. The molecule has 114 valence electrons. The van der Waals surface area contributed by atoms with Crippen LogP contribution < -0.4 is 0 Å². The van der Waals surface area contributed by atoms with Crippen LogP contribution in [-0.4, -0.2) is 26.7 Å². The third-order valence-electron chi connectivity index (χ3n) is 3.49. The average molecular weight is 310 g/mol. The van der Waals surface area contributed by atoms with E-state index < -0.39 is 10.7 Å². The first kappa shape index (κ1) is 14.5. The number of ketones is 1. The molecule has 1 N–H and O–H groups in total. The minimum absolute atomic E-state index is 0.0970. The average Bonchev–Trinajstić information content (AvgIpc) is 2.93. The highest BCUT2D eigenvalue weighted by atomic mass is 16.6. The highest BCUT2D eigenvalue weighted by molar-refractivity contribution is 6.36. The van der Waals surface area contributed by atoms with E-state index in [-0.39, 0.29) is 29.1 Å². The van der Waals surface area contributed by atoms with Crippen molar-refractivity contribution in [2.24, 2.45) is 0 Å². The predicted octanol–water partition coefficient (Wildman–Crippen LogP) is 2.63. The summed E-state index contributed by atoms with van der Waals surface area (Å²) in [6, 6.07) is 10.5. The maximum atomic E-state index is 12.0. The molecule has 0 saturated carbocycles. The largest absolute Gasteiger partial charge is 0.505 e. The zero-order valence-corrected chi connectivity index (χ0v) is 11.7. The molecule has 2 aromatic carbocycles. The van der Waals surface area contributed by atoms with Crippen molar-refractivity contribution in [3.8, 4) is 11.4 Å². The third-order valence-corrected chi connectivity index (χ3v) is 3.49. The molecule has 0 amide bonds. The lowest BCUT2D eigenvalue weighted by atomic mass is 10.1. The molecular formula is C16H10N2O5. The number of hydrogen-bond donors (Lipinski definition) is 1. The van der Waals surface area contributed by atoms with Crippen LogP contribution in [0.2, 0.25) is 0 Å². The van der Waals surface area contributed by atoms with Gasteiger partial charge >= 0.3 is 0 Å². The molecule has 0 spiro atoms. The SMILES string of the molecule is O=CC(=O)c1c2ccccc2cn1-c1ccc([N+](=O)[O-])cc1O. The molecule has 1 heterocycles. The summed E-state index contributed by atoms with van der Waals surface area (Å²) < 4.78 is 1.36. The molecule has 0 fully saturated rings. The fourth-order valence-corrected chi connectivity index (χ4v) is 2.48. The van der Waals surface area contributed by atoms with Crippen LogP contribution in [0.5, 0.6) is 5.75 Å². The number of Topliss-reactive ketones (excluding diaryl/α,β-unsaturated/α-hetero) is 1. The summed E-state index contributed by atoms with van der Waals surface area (Å²) in [5.41, 5.74) is 0.00276. The smallest absolute Gasteiger partial charge is 0.273 e. The number of nitro groups is 1. The molecule has 0 aliphatic rings. The molecule has 0 saturated heterocycles. The first-order valence-electron chi connectivity index (χ1n) is 6.60. The van der Waals surface area contributed by atoms with Gasteiger partial charge < -0.3 is 9.67 Å². The number of aromatic hydroxyl groups is 1. The van der Waals surface area contributed by atoms with Gasteiger partial charge in [-0.05, 0) is 6.07 Å². The summed E-state index contributed by atoms with van der Waals surface area (Å²) in [5.74, 6) is -1.11. The highest BCUT2D eigenvalue weighted by Gasteiger charge is 2.20. The molecule has 3 rings (SSSR count). The number of non-ortho nitro benzene ring substituents is 1. The van der Waals surface area contributed by atoms with Crippen molar-refractivity contribution in [3.05, 3.63) is 64.5 Å². The van der Waals surface area contributed by atoms with E-state index in [9.17, 15) is 24.8 Å². The predicted molar refractivity (Wildman–Crippen MR) is 82.0 cm³/mol. The Morgan fingerprint density at radius 3 is 2.61 bits per heavy atom. The van der Waals surface area contributed by atoms with Crippen LogP contribution >= 0.6 is 0 Å². The van der Waals surface area contributed by atoms with Gasteiger partial charge in [0, 0.05) is 23.0 Å². The van der Waals surface area contributed by atoms with Crippen LogP contribution in [0.15, 0.2) is 48.7 Å². The first-order chi connectivity index (χ1) is 11.0. The number of carbonyl (C=O) groups excluding carboxylic acids is 2. The van der Waals surface area contributed by atoms with Crippen molar-refractivity contribution in [3.63, 3.8) is 0 Å². The fourth-order valence-electron chi connectivity index (χ4n) is 2.48. The van der Waals surface area contributed by atoms with Gasteiger partial charge in [0.2, 0.25) is 5.78 Å². The Bertz CT molecular complexity index is 958. The minimum Gasteiger partial charge on any atom is -0.505 e. The quantitative estimate of drug-likeness (QED) is 0.262. The van der Waals surface area contributed by atoms with E-state index in [0.717, 1.165) is 6.07 Å². The van der Waals surface area contributed by atoms with Crippen molar-refractivity contribution in [2.75, 3.05) is 0 Å². The lowest BCUT2D eigenvalue weighted by molar-refractivity contribution is -0.384. The Hall–Kier alpha value is -3.48. The van der Waals surface area contributed by atoms with E-state index >= 15 is 0 Å². The van der Waals surface area contributed by atoms with Crippen LogP contribution in [0.25, 0.3) is 16.5 Å². The van der Waals surface area contributed by atoms with Crippen LogP contribution in [0.1, 0.15) is 10.5 Å². The third kappa shape index (κ3) is 2.34. The maximum absolute atomic E-state index is 12.0. The van der Waals surface area contributed by atoms with Gasteiger partial charge in [-0.3, -0.25) is 19.7 Å². The Kier molecular flexibility index (Phi) is 3.38. The number of aldehydes is 1. The van der Waals surface area contributed by atoms with Crippen molar-refractivity contribution in [1.82, 2.24) is 4.57 Å². The topological polar surface area (TPSA) is 102 Å². The van der Waals surface area contributed by atoms with Crippen LogP contribution in [0.4, 0.5) is 5.69 Å². The lowest BCUT2D eigenvalue weighted by Gasteiger charge is -2.09. The zero-order chi connectivity index (χ0) is 16.6. The van der Waals surface area contributed by atoms with Gasteiger partial charge in [-0.15, -0.1) is 0 Å². The maximum Gasteiger partial charge on any atom is 0.273 e. The second-order valence-corrected chi connectivity index (χ2v) is 4.85. The Morgan fingerprint density at radius 2 is 1.96 bits per heavy atom. The number of phenols is 1. The number of benzene rings is 2. The number of carbonyl (C=O) groups is 2. The molecule has 7 heteroatoms. The van der Waals surface area contributed by atoms with Gasteiger partial charge in [-0.25, -0.2) is 0 Å². The lowest BCUT2D eigenvalue weighted by Crippen LogP contribution is -2.08. The Balaban J connectivity index is 2.30. The molecule has 0 radical (unpaired) electrons. The summed E-state index contributed by atoms with van der Waals surface area (Å²) >= 11 is 0. The molecule has 0 unspecified atom stereocenters. The summed E-state index contributed by atoms with van der Waals surface area (Å²) in [4.78, 5) is 33.1. The van der Waals surface area contributed by atoms with E-state index in [2.05, 4.69) is 0 Å². The van der Waals surface area contributed by atoms with E-state index in [4.69, 9.17) is 0 Å². The van der Waals surface area contributed by atoms with Gasteiger partial charge in [-0.2, -0.15) is 0 Å². The number of nitro benzene ring substituents is 1. The highest BCUT2D eigenvalue weighted by Crippen LogP contribution is 2.31. The van der Waals surface area contributed by atoms with E-state index in [1.807, 2.05) is 0 Å². The van der Waals surface area contributed by atoms with Gasteiger partial charge in [-0.1, -0.05) is 24.3 Å². The van der Waals surface area contributed by atoms with Crippen molar-refractivity contribution in [2.45, 2.75) is 0 Å². The van der Waals surface area contributed by atoms with Crippen LogP contribution in [0, 0.1) is 10.1 Å². The van der Waals surface area contributed by atoms with Crippen molar-refractivity contribution in [1.29, 1.82) is 0 Å². The summed E-state index contributed by atoms with van der Waals surface area (Å²) in [6.45, 7) is 0. The van der Waals surface area contributed by atoms with Gasteiger partial charge in [0.05, 0.1) is 16.7 Å². The summed E-state index contributed by atoms with van der Waals surface area (Å²) in [5, 5.41) is 22.1. The second-order valence-electron chi connectivity index (χ2n) is 4.85. The summed E-state index contributed by atoms with van der Waals surface area (Å²) in [6.07, 6.45) is 1.79. The zero-order valence-electron chi connectivity index (χ0n) is 11.7. The van der Waals surface area contributed by atoms with E-state index in [1.54, 1.807) is 30.5 Å². The number of hydrogen-bond acceptors (Lipinski definition) is 5. The first-order valence-corrected chi connectivity index (χ1v) is 6.60. The van der Waals surface area contributed by atoms with Crippen molar-refractivity contribution >= 4 is 28.5 Å². The molecule has 7 nitrogen and oxygen atoms in total. The number of aromatic nitrogens is 1. The van der Waals surface area contributed by atoms with E-state index in [0.29, 0.717) is 10.8 Å². The molecule has 0 bridgehead atoms. The number of phenolic OH excluding ortho intramolecular Hbond substituents is 1. The Morgan fingerprint density at radius 1 is 1.22 bits per heavy atom. The Labute approximate surface area is 129 Å². The minimum atomic E-state index is -0.746. The number of fused-ring (bicyclic) bond motifs is 1. The number of nitrogens with zero attached hydrogens (tertiary/aromatic N) is 2. The van der Waals surface area contributed by atoms with Crippen LogP contribution in [-0.2, 0) is 4.79 Å². The summed E-state index contributed by atoms with van der Waals surface area (Å²) in [7, 11) is 0. The molecule has 3 aromatic rings. The molecule has 23 heavy (non-hydrogen) atoms. The second kappa shape index (κ2) is 5.38. The molecule has 0 aliphatic carbocycles. The van der Waals surface area contributed by atoms with E-state index in [1.165, 1.54) is 16.7 Å². The van der Waals surface area contributed by atoms with Gasteiger partial charge in [0.25, 0.3) is 5.69 Å². The molecule has 0 atom stereocenters. The number of rotatable bonds is 4. The van der Waals surface area contributed by atoms with Crippen molar-refractivity contribution < 1.29 is 19.6 Å². The van der Waals surface area contributed by atoms with Gasteiger partial charge in [0.15, 0.2) is 6.29 Å². The standard InChI is InChI=1S/C16H10N2O5/c19-9-15(21)16-12-4-2-1-3-10(12)8-17(16)13-6-5-11(18(22)23)7-14(13)20/h1-9,20H. The molecule has 1 aromatic heterocycles. The fraction of sp³-hybridized carbons (Fsp3) is 0. The molecular weight excluding hydrogens is 300 g/mol. The van der Waals surface area contributed by atoms with Crippen LogP contribution in [0.3, 0.4) is 0 Å². The molecule has 0 aliphatic heterocycles. The van der Waals surface area contributed by atoms with Gasteiger partial charge in [0.1, 0.15) is 11.4 Å².